The number of halogens is 1. The number of hydrazone groups is 1. The van der Waals surface area contributed by atoms with E-state index >= 15 is 0 Å². The number of nitrogens with one attached hydrogen (secondary N) is 1. The van der Waals surface area contributed by atoms with Crippen LogP contribution < -0.4 is 5.32 Å². The fourth-order valence-corrected chi connectivity index (χ4v) is 4.54. The maximum atomic E-state index is 12.3. The van der Waals surface area contributed by atoms with Crippen LogP contribution in [0.5, 0.6) is 0 Å². The Hall–Kier alpha value is -1.93. The molecule has 2 aliphatic heterocycles. The minimum absolute atomic E-state index is 0.0449. The van der Waals surface area contributed by atoms with Gasteiger partial charge in [-0.2, -0.15) is 5.10 Å². The van der Waals surface area contributed by atoms with Crippen LogP contribution in [0.2, 0.25) is 5.02 Å². The van der Waals surface area contributed by atoms with Gasteiger partial charge in [0, 0.05) is 23.6 Å². The number of rotatable bonds is 3. The Balaban J connectivity index is 1.75. The quantitative estimate of drug-likeness (QED) is 0.872. The Morgan fingerprint density at radius 3 is 2.58 bits per heavy atom. The maximum Gasteiger partial charge on any atom is 0.271 e. The second-order valence-electron chi connectivity index (χ2n) is 5.80. The Kier molecular flexibility index (Phi) is 4.60. The number of sulfone groups is 1. The highest BCUT2D eigenvalue weighted by Gasteiger charge is 2.37. The lowest BCUT2D eigenvalue weighted by molar-refractivity contribution is -0.133. The summed E-state index contributed by atoms with van der Waals surface area (Å²) in [5.74, 6) is -0.715. The number of hydrogen-bond donors (Lipinski definition) is 1. The minimum atomic E-state index is -3.13. The van der Waals surface area contributed by atoms with Crippen LogP contribution in [0.1, 0.15) is 19.3 Å². The highest BCUT2D eigenvalue weighted by atomic mass is 35.5. The van der Waals surface area contributed by atoms with E-state index in [0.29, 0.717) is 17.1 Å². The number of amides is 2. The van der Waals surface area contributed by atoms with Crippen LogP contribution in [0.3, 0.4) is 0 Å². The van der Waals surface area contributed by atoms with Gasteiger partial charge in [-0.25, -0.2) is 13.4 Å². The molecule has 2 amide bonds. The molecule has 0 aliphatic carbocycles. The van der Waals surface area contributed by atoms with Crippen LogP contribution in [-0.4, -0.2) is 48.5 Å². The second kappa shape index (κ2) is 6.52. The molecule has 1 aromatic rings. The van der Waals surface area contributed by atoms with Gasteiger partial charge in [-0.15, -0.1) is 0 Å². The van der Waals surface area contributed by atoms with Crippen molar-refractivity contribution in [3.05, 3.63) is 29.3 Å². The fraction of sp³-hybridized carbons (Fsp3) is 0.400. The molecule has 9 heteroatoms. The van der Waals surface area contributed by atoms with E-state index in [1.165, 1.54) is 5.01 Å². The molecular weight excluding hydrogens is 354 g/mol. The monoisotopic (exact) mass is 369 g/mol. The van der Waals surface area contributed by atoms with Gasteiger partial charge in [-0.05, 0) is 30.7 Å². The number of nitrogens with zero attached hydrogens (tertiary/aromatic N) is 2. The van der Waals surface area contributed by atoms with Crippen LogP contribution in [0, 0.1) is 0 Å². The molecule has 2 aliphatic rings. The van der Waals surface area contributed by atoms with E-state index in [0.717, 1.165) is 0 Å². The Morgan fingerprint density at radius 1 is 1.25 bits per heavy atom. The molecule has 2 heterocycles. The van der Waals surface area contributed by atoms with Crippen LogP contribution in [0.4, 0.5) is 5.69 Å². The summed E-state index contributed by atoms with van der Waals surface area (Å²) in [4.78, 5) is 24.3. The summed E-state index contributed by atoms with van der Waals surface area (Å²) >= 11 is 5.80. The lowest BCUT2D eigenvalue weighted by Gasteiger charge is -2.27. The van der Waals surface area contributed by atoms with Gasteiger partial charge < -0.3 is 5.32 Å². The molecule has 0 radical (unpaired) electrons. The van der Waals surface area contributed by atoms with Crippen molar-refractivity contribution in [2.45, 2.75) is 25.3 Å². The first-order valence-electron chi connectivity index (χ1n) is 7.51. The van der Waals surface area contributed by atoms with Gasteiger partial charge in [-0.3, -0.25) is 9.59 Å². The third-order valence-corrected chi connectivity index (χ3v) is 5.98. The lowest BCUT2D eigenvalue weighted by atomic mass is 10.1. The summed E-state index contributed by atoms with van der Waals surface area (Å²) in [6.07, 6.45) is 0.724. The van der Waals surface area contributed by atoms with Crippen molar-refractivity contribution in [1.82, 2.24) is 5.01 Å². The van der Waals surface area contributed by atoms with E-state index in [-0.39, 0.29) is 36.0 Å². The normalized spacial score (nSPS) is 23.0. The second-order valence-corrected chi connectivity index (χ2v) is 8.47. The van der Waals surface area contributed by atoms with Crippen molar-refractivity contribution in [3.63, 3.8) is 0 Å². The van der Waals surface area contributed by atoms with E-state index < -0.39 is 21.8 Å². The van der Waals surface area contributed by atoms with Crippen molar-refractivity contribution in [2.75, 3.05) is 16.8 Å². The van der Waals surface area contributed by atoms with Gasteiger partial charge in [0.2, 0.25) is 5.91 Å². The summed E-state index contributed by atoms with van der Waals surface area (Å²) < 4.78 is 23.2. The van der Waals surface area contributed by atoms with E-state index in [2.05, 4.69) is 10.4 Å². The van der Waals surface area contributed by atoms with Crippen molar-refractivity contribution in [1.29, 1.82) is 0 Å². The highest BCUT2D eigenvalue weighted by Crippen LogP contribution is 2.22. The molecule has 1 fully saturated rings. The number of hydrogen-bond acceptors (Lipinski definition) is 5. The molecule has 1 saturated heterocycles. The van der Waals surface area contributed by atoms with Gasteiger partial charge in [0.1, 0.15) is 5.71 Å². The number of anilines is 1. The summed E-state index contributed by atoms with van der Waals surface area (Å²) in [6, 6.07) is 6.14. The minimum Gasteiger partial charge on any atom is -0.321 e. The average Bonchev–Trinajstić information content (AvgIpc) is 2.90. The smallest absolute Gasteiger partial charge is 0.271 e. The number of carbonyl (C=O) groups is 2. The standard InChI is InChI=1S/C15H16ClN3O4S/c16-10-1-3-11(4-2-10)17-15(21)13-5-6-14(20)19(18-13)12-7-8-24(22,23)9-12/h1-4,12H,5-9H2,(H,17,21). The average molecular weight is 370 g/mol. The predicted molar refractivity (Wildman–Crippen MR) is 90.7 cm³/mol. The van der Waals surface area contributed by atoms with Gasteiger partial charge in [-0.1, -0.05) is 11.6 Å². The summed E-state index contributed by atoms with van der Waals surface area (Å²) in [5.41, 5.74) is 0.785. The topological polar surface area (TPSA) is 95.9 Å². The SMILES string of the molecule is O=C(Nc1ccc(Cl)cc1)C1=NN(C2CCS(=O)(=O)C2)C(=O)CC1. The Labute approximate surface area is 144 Å². The molecule has 0 spiro atoms. The lowest BCUT2D eigenvalue weighted by Crippen LogP contribution is -2.42. The van der Waals surface area contributed by atoms with Gasteiger partial charge in [0.05, 0.1) is 17.5 Å². The van der Waals surface area contributed by atoms with Crippen LogP contribution in [0.15, 0.2) is 29.4 Å². The molecule has 0 bridgehead atoms. The van der Waals surface area contributed by atoms with Gasteiger partial charge >= 0.3 is 0 Å². The van der Waals surface area contributed by atoms with Gasteiger partial charge in [0.15, 0.2) is 9.84 Å². The van der Waals surface area contributed by atoms with E-state index in [1.807, 2.05) is 0 Å². The summed E-state index contributed by atoms with van der Waals surface area (Å²) in [6.45, 7) is 0. The van der Waals surface area contributed by atoms with Crippen LogP contribution >= 0.6 is 11.6 Å². The van der Waals surface area contributed by atoms with E-state index in [4.69, 9.17) is 11.6 Å². The Morgan fingerprint density at radius 2 is 1.96 bits per heavy atom. The van der Waals surface area contributed by atoms with Gasteiger partial charge in [0.25, 0.3) is 5.91 Å². The molecule has 0 aromatic heterocycles. The third kappa shape index (κ3) is 3.76. The summed E-state index contributed by atoms with van der Waals surface area (Å²) in [7, 11) is -3.13. The largest absolute Gasteiger partial charge is 0.321 e. The molecule has 128 valence electrons. The molecule has 1 aromatic carbocycles. The zero-order valence-corrected chi connectivity index (χ0v) is 14.3. The number of benzene rings is 1. The third-order valence-electron chi connectivity index (χ3n) is 3.98. The van der Waals surface area contributed by atoms with Crippen molar-refractivity contribution in [2.24, 2.45) is 5.10 Å². The zero-order valence-electron chi connectivity index (χ0n) is 12.7. The molecule has 1 atom stereocenters. The van der Waals surface area contributed by atoms with Crippen molar-refractivity contribution < 1.29 is 18.0 Å². The predicted octanol–water partition coefficient (Wildman–Crippen LogP) is 1.44. The Bertz CT molecular complexity index is 805. The van der Waals surface area contributed by atoms with Crippen molar-refractivity contribution >= 4 is 44.7 Å². The van der Waals surface area contributed by atoms with E-state index in [1.54, 1.807) is 24.3 Å². The first kappa shape index (κ1) is 16.9. The molecule has 1 unspecified atom stereocenters. The first-order chi connectivity index (χ1) is 11.3. The summed E-state index contributed by atoms with van der Waals surface area (Å²) in [5, 5.41) is 8.55. The van der Waals surface area contributed by atoms with Crippen LogP contribution in [0.25, 0.3) is 0 Å². The maximum absolute atomic E-state index is 12.3. The molecule has 0 saturated carbocycles. The van der Waals surface area contributed by atoms with E-state index in [9.17, 15) is 18.0 Å². The fourth-order valence-electron chi connectivity index (χ4n) is 2.72. The highest BCUT2D eigenvalue weighted by molar-refractivity contribution is 7.91. The molecule has 1 N–H and O–H groups in total. The van der Waals surface area contributed by atoms with Crippen molar-refractivity contribution in [3.8, 4) is 0 Å². The molecule has 3 rings (SSSR count). The number of carbonyl (C=O) groups excluding carboxylic acids is 2. The molecule has 24 heavy (non-hydrogen) atoms. The molecular formula is C15H16ClN3O4S. The van der Waals surface area contributed by atoms with Crippen LogP contribution in [-0.2, 0) is 19.4 Å². The first-order valence-corrected chi connectivity index (χ1v) is 9.71. The molecule has 7 nitrogen and oxygen atoms in total. The zero-order chi connectivity index (χ0) is 17.3.